The van der Waals surface area contributed by atoms with Gasteiger partial charge in [0.2, 0.25) is 0 Å². The highest BCUT2D eigenvalue weighted by Gasteiger charge is 2.25. The van der Waals surface area contributed by atoms with Gasteiger partial charge in [-0.15, -0.1) is 12.4 Å². The Hall–Kier alpha value is -1.33. The summed E-state index contributed by atoms with van der Waals surface area (Å²) in [4.78, 5) is 2.36. The molecule has 1 heterocycles. The molecule has 5 heteroatoms. The quantitative estimate of drug-likeness (QED) is 0.808. The average Bonchev–Trinajstić information content (AvgIpc) is 2.54. The van der Waals surface area contributed by atoms with Gasteiger partial charge in [0.25, 0.3) is 0 Å². The van der Waals surface area contributed by atoms with Gasteiger partial charge in [0.15, 0.2) is 0 Å². The minimum atomic E-state index is 0. The fourth-order valence-electron chi connectivity index (χ4n) is 3.26. The minimum absolute atomic E-state index is 0. The predicted octanol–water partition coefficient (Wildman–Crippen LogP) is 2.30. The van der Waals surface area contributed by atoms with Crippen LogP contribution in [0.4, 0.5) is 0 Å². The van der Waals surface area contributed by atoms with Gasteiger partial charge in [0.1, 0.15) is 5.75 Å². The van der Waals surface area contributed by atoms with Crippen LogP contribution >= 0.6 is 12.4 Å². The number of nitrogens with one attached hydrogen (secondary N) is 1. The maximum absolute atomic E-state index is 10.4. The molecule has 3 N–H and O–H groups in total. The van der Waals surface area contributed by atoms with Crippen LogP contribution in [0.3, 0.4) is 0 Å². The van der Waals surface area contributed by atoms with Crippen LogP contribution < -0.4 is 5.32 Å². The molecular formula is C17H23ClN2O2. The second kappa shape index (κ2) is 7.79. The maximum Gasteiger partial charge on any atom is 0.121 e. The number of aliphatic hydroxyl groups excluding tert-OH is 1. The van der Waals surface area contributed by atoms with Crippen LogP contribution in [0.2, 0.25) is 0 Å². The summed E-state index contributed by atoms with van der Waals surface area (Å²) in [6.45, 7) is 3.90. The molecule has 0 aliphatic carbocycles. The first kappa shape index (κ1) is 17.0. The molecule has 0 bridgehead atoms. The first-order valence-corrected chi connectivity index (χ1v) is 7.57. The lowest BCUT2D eigenvalue weighted by atomic mass is 9.94. The molecule has 0 aromatic heterocycles. The number of piperazine rings is 1. The van der Waals surface area contributed by atoms with Crippen LogP contribution in [0.1, 0.15) is 18.0 Å². The lowest BCUT2D eigenvalue weighted by Crippen LogP contribution is -2.45. The van der Waals surface area contributed by atoms with E-state index in [4.69, 9.17) is 0 Å². The van der Waals surface area contributed by atoms with E-state index >= 15 is 0 Å². The summed E-state index contributed by atoms with van der Waals surface area (Å²) < 4.78 is 0. The fraction of sp³-hybridized carbons (Fsp3) is 0.412. The number of halogens is 1. The molecule has 1 aliphatic heterocycles. The number of aromatic hydroxyl groups is 1. The number of hydrogen-bond donors (Lipinski definition) is 3. The summed E-state index contributed by atoms with van der Waals surface area (Å²) in [5, 5.41) is 25.4. The summed E-state index contributed by atoms with van der Waals surface area (Å²) in [5.74, 6) is 0.325. The van der Waals surface area contributed by atoms with Gasteiger partial charge in [-0.05, 0) is 23.3 Å². The third-order valence-corrected chi connectivity index (χ3v) is 4.28. The van der Waals surface area contributed by atoms with E-state index in [0.717, 1.165) is 42.5 Å². The van der Waals surface area contributed by atoms with Crippen molar-refractivity contribution in [3.8, 4) is 5.75 Å². The van der Waals surface area contributed by atoms with Gasteiger partial charge in [-0.25, -0.2) is 0 Å². The molecule has 2 aromatic carbocycles. The molecule has 2 aromatic rings. The highest BCUT2D eigenvalue weighted by molar-refractivity contribution is 5.88. The number of fused-ring (bicyclic) bond motifs is 1. The molecule has 1 aliphatic rings. The van der Waals surface area contributed by atoms with Crippen LogP contribution in [-0.2, 0) is 0 Å². The number of rotatable bonds is 4. The molecule has 0 radical (unpaired) electrons. The first-order chi connectivity index (χ1) is 10.3. The summed E-state index contributed by atoms with van der Waals surface area (Å²) >= 11 is 0. The Kier molecular flexibility index (Phi) is 6.03. The van der Waals surface area contributed by atoms with E-state index in [2.05, 4.69) is 22.3 Å². The molecule has 1 saturated heterocycles. The van der Waals surface area contributed by atoms with E-state index in [1.54, 1.807) is 6.07 Å². The van der Waals surface area contributed by atoms with Crippen molar-refractivity contribution in [2.75, 3.05) is 32.8 Å². The third-order valence-electron chi connectivity index (χ3n) is 4.28. The minimum Gasteiger partial charge on any atom is -0.508 e. The van der Waals surface area contributed by atoms with Crippen LogP contribution in [-0.4, -0.2) is 47.9 Å². The van der Waals surface area contributed by atoms with Crippen molar-refractivity contribution in [3.05, 3.63) is 42.0 Å². The normalized spacial score (nSPS) is 17.1. The Bertz CT molecular complexity index is 615. The molecular weight excluding hydrogens is 300 g/mol. The molecule has 0 saturated carbocycles. The smallest absolute Gasteiger partial charge is 0.121 e. The number of phenolic OH excluding ortho intramolecular Hbond substituents is 1. The fourth-order valence-corrected chi connectivity index (χ4v) is 3.26. The number of benzene rings is 2. The van der Waals surface area contributed by atoms with E-state index in [-0.39, 0.29) is 25.1 Å². The van der Waals surface area contributed by atoms with E-state index in [1.165, 1.54) is 0 Å². The van der Waals surface area contributed by atoms with E-state index in [9.17, 15) is 10.2 Å². The molecule has 3 rings (SSSR count). The maximum atomic E-state index is 10.4. The average molecular weight is 323 g/mol. The Morgan fingerprint density at radius 3 is 2.55 bits per heavy atom. The second-order valence-electron chi connectivity index (χ2n) is 5.53. The molecule has 1 fully saturated rings. The summed E-state index contributed by atoms with van der Waals surface area (Å²) in [6, 6.07) is 11.9. The van der Waals surface area contributed by atoms with Crippen LogP contribution in [0.15, 0.2) is 36.4 Å². The lowest BCUT2D eigenvalue weighted by Gasteiger charge is -2.35. The van der Waals surface area contributed by atoms with Crippen LogP contribution in [0, 0.1) is 0 Å². The lowest BCUT2D eigenvalue weighted by molar-refractivity contribution is 0.140. The van der Waals surface area contributed by atoms with Crippen molar-refractivity contribution < 1.29 is 10.2 Å². The first-order valence-electron chi connectivity index (χ1n) is 7.57. The molecule has 0 unspecified atom stereocenters. The zero-order valence-electron chi connectivity index (χ0n) is 12.5. The van der Waals surface area contributed by atoms with E-state index in [1.807, 2.05) is 18.2 Å². The van der Waals surface area contributed by atoms with Crippen molar-refractivity contribution in [2.24, 2.45) is 0 Å². The highest BCUT2D eigenvalue weighted by Crippen LogP contribution is 2.37. The highest BCUT2D eigenvalue weighted by atomic mass is 35.5. The van der Waals surface area contributed by atoms with Crippen molar-refractivity contribution in [1.29, 1.82) is 0 Å². The molecule has 1 atom stereocenters. The van der Waals surface area contributed by atoms with Gasteiger partial charge >= 0.3 is 0 Å². The van der Waals surface area contributed by atoms with Gasteiger partial charge in [-0.1, -0.05) is 30.3 Å². The van der Waals surface area contributed by atoms with Gasteiger partial charge in [-0.3, -0.25) is 4.90 Å². The molecule has 4 nitrogen and oxygen atoms in total. The third kappa shape index (κ3) is 3.36. The summed E-state index contributed by atoms with van der Waals surface area (Å²) in [7, 11) is 0. The molecule has 120 valence electrons. The standard InChI is InChI=1S/C17H22N2O2.ClH/c20-12-7-15(19-10-8-18-9-11-19)17-14-4-2-1-3-13(14)5-6-16(17)21;/h1-6,15,18,20-21H,7-12H2;1H/t15-;/m1./s1. The number of aliphatic hydroxyl groups is 1. The topological polar surface area (TPSA) is 55.7 Å². The van der Waals surface area contributed by atoms with E-state index < -0.39 is 0 Å². The zero-order chi connectivity index (χ0) is 14.7. The SMILES string of the molecule is Cl.OCC[C@H](c1c(O)ccc2ccccc12)N1CCNCC1. The zero-order valence-corrected chi connectivity index (χ0v) is 13.4. The second-order valence-corrected chi connectivity index (χ2v) is 5.53. The van der Waals surface area contributed by atoms with Crippen molar-refractivity contribution in [3.63, 3.8) is 0 Å². The van der Waals surface area contributed by atoms with Crippen LogP contribution in [0.25, 0.3) is 10.8 Å². The van der Waals surface area contributed by atoms with Crippen molar-refractivity contribution >= 4 is 23.2 Å². The van der Waals surface area contributed by atoms with Crippen molar-refractivity contribution in [2.45, 2.75) is 12.5 Å². The summed E-state index contributed by atoms with van der Waals surface area (Å²) in [5.41, 5.74) is 0.948. The Labute approximate surface area is 137 Å². The van der Waals surface area contributed by atoms with Gasteiger partial charge in [0.05, 0.1) is 0 Å². The molecule has 0 spiro atoms. The van der Waals surface area contributed by atoms with E-state index in [0.29, 0.717) is 12.2 Å². The monoisotopic (exact) mass is 322 g/mol. The largest absolute Gasteiger partial charge is 0.508 e. The number of hydrogen-bond acceptors (Lipinski definition) is 4. The number of phenols is 1. The number of nitrogens with zero attached hydrogens (tertiary/aromatic N) is 1. The Morgan fingerprint density at radius 2 is 1.82 bits per heavy atom. The molecule has 0 amide bonds. The molecule has 22 heavy (non-hydrogen) atoms. The summed E-state index contributed by atoms with van der Waals surface area (Å²) in [6.07, 6.45) is 0.640. The predicted molar refractivity (Wildman–Crippen MR) is 91.7 cm³/mol. The Balaban J connectivity index is 0.00000176. The van der Waals surface area contributed by atoms with Gasteiger partial charge in [-0.2, -0.15) is 0 Å². The Morgan fingerprint density at radius 1 is 1.09 bits per heavy atom. The van der Waals surface area contributed by atoms with Gasteiger partial charge < -0.3 is 15.5 Å². The van der Waals surface area contributed by atoms with Gasteiger partial charge in [0, 0.05) is 44.4 Å². The van der Waals surface area contributed by atoms with Crippen LogP contribution in [0.5, 0.6) is 5.75 Å². The van der Waals surface area contributed by atoms with Crippen molar-refractivity contribution in [1.82, 2.24) is 10.2 Å².